The van der Waals surface area contributed by atoms with Crippen LogP contribution < -0.4 is 0 Å². The van der Waals surface area contributed by atoms with E-state index in [4.69, 9.17) is 4.74 Å². The zero-order valence-electron chi connectivity index (χ0n) is 19.1. The summed E-state index contributed by atoms with van der Waals surface area (Å²) in [4.78, 5) is 18.0. The first-order valence-electron chi connectivity index (χ1n) is 11.2. The molecule has 1 amide bonds. The van der Waals surface area contributed by atoms with Gasteiger partial charge in [-0.3, -0.25) is 9.69 Å². The number of hydrogen-bond acceptors (Lipinski definition) is 5. The fourth-order valence-corrected chi connectivity index (χ4v) is 4.13. The fourth-order valence-electron chi connectivity index (χ4n) is 4.13. The average Bonchev–Trinajstić information content (AvgIpc) is 3.19. The summed E-state index contributed by atoms with van der Waals surface area (Å²) in [7, 11) is 0. The van der Waals surface area contributed by atoms with Crippen molar-refractivity contribution in [2.75, 3.05) is 32.8 Å². The molecule has 0 saturated carbocycles. The number of hydrogen-bond donors (Lipinski definition) is 0. The summed E-state index contributed by atoms with van der Waals surface area (Å²) in [5.74, 6) is -0.0917. The van der Waals surface area contributed by atoms with Crippen molar-refractivity contribution < 1.29 is 9.53 Å². The molecule has 0 N–H and O–H groups in total. The zero-order chi connectivity index (χ0) is 22.5. The Morgan fingerprint density at radius 1 is 1.09 bits per heavy atom. The van der Waals surface area contributed by atoms with E-state index in [1.807, 2.05) is 61.2 Å². The standard InChI is InChI=1S/C25H31N5O2/c1-19-8-7-11-23(16-19)30-21(3)24(26-27-30)25(31)29(18-22-9-5-4-6-10-22)20(2)17-28-12-14-32-15-13-28/h4-11,16,20H,12-15,17-18H2,1-3H3. The first-order chi connectivity index (χ1) is 15.5. The second kappa shape index (κ2) is 10.1. The summed E-state index contributed by atoms with van der Waals surface area (Å²) in [6, 6.07) is 18.2. The lowest BCUT2D eigenvalue weighted by molar-refractivity contribution is 0.0227. The number of benzene rings is 2. The largest absolute Gasteiger partial charge is 0.379 e. The molecule has 1 fully saturated rings. The second-order valence-electron chi connectivity index (χ2n) is 8.45. The van der Waals surface area contributed by atoms with Gasteiger partial charge in [-0.25, -0.2) is 4.68 Å². The Kier molecular flexibility index (Phi) is 6.97. The molecule has 0 radical (unpaired) electrons. The van der Waals surface area contributed by atoms with E-state index in [1.54, 1.807) is 4.68 Å². The van der Waals surface area contributed by atoms with Crippen molar-refractivity contribution in [1.82, 2.24) is 24.8 Å². The van der Waals surface area contributed by atoms with Crippen molar-refractivity contribution in [1.29, 1.82) is 0 Å². The third kappa shape index (κ3) is 5.06. The maximum Gasteiger partial charge on any atom is 0.276 e. The quantitative estimate of drug-likeness (QED) is 0.572. The number of amides is 1. The van der Waals surface area contributed by atoms with Crippen LogP contribution in [0.15, 0.2) is 54.6 Å². The van der Waals surface area contributed by atoms with E-state index < -0.39 is 0 Å². The minimum atomic E-state index is -0.0917. The smallest absolute Gasteiger partial charge is 0.276 e. The van der Waals surface area contributed by atoms with Crippen LogP contribution in [0.25, 0.3) is 5.69 Å². The van der Waals surface area contributed by atoms with Crippen molar-refractivity contribution in [3.05, 3.63) is 77.1 Å². The average molecular weight is 434 g/mol. The number of aromatic nitrogens is 3. The number of rotatable bonds is 7. The SMILES string of the molecule is Cc1cccc(-n2nnc(C(=O)N(Cc3ccccc3)C(C)CN3CCOCC3)c2C)c1. The highest BCUT2D eigenvalue weighted by molar-refractivity contribution is 5.93. The van der Waals surface area contributed by atoms with Gasteiger partial charge in [0.2, 0.25) is 0 Å². The molecule has 1 aromatic heterocycles. The molecule has 7 heteroatoms. The highest BCUT2D eigenvalue weighted by Crippen LogP contribution is 2.19. The maximum absolute atomic E-state index is 13.7. The third-order valence-electron chi connectivity index (χ3n) is 5.96. The summed E-state index contributed by atoms with van der Waals surface area (Å²) in [6.07, 6.45) is 0. The minimum absolute atomic E-state index is 0.0179. The molecule has 168 valence electrons. The number of ether oxygens (including phenoxy) is 1. The van der Waals surface area contributed by atoms with Gasteiger partial charge in [-0.05, 0) is 44.0 Å². The zero-order valence-corrected chi connectivity index (χ0v) is 19.1. The van der Waals surface area contributed by atoms with E-state index in [2.05, 4.69) is 34.3 Å². The van der Waals surface area contributed by atoms with Gasteiger partial charge in [-0.15, -0.1) is 5.10 Å². The van der Waals surface area contributed by atoms with Gasteiger partial charge in [0.1, 0.15) is 0 Å². The van der Waals surface area contributed by atoms with Gasteiger partial charge in [0.25, 0.3) is 5.91 Å². The number of morpholine rings is 1. The fraction of sp³-hybridized carbons (Fsp3) is 0.400. The van der Waals surface area contributed by atoms with Crippen molar-refractivity contribution in [3.63, 3.8) is 0 Å². The van der Waals surface area contributed by atoms with Crippen LogP contribution in [0.5, 0.6) is 0 Å². The van der Waals surface area contributed by atoms with Crippen LogP contribution in [-0.4, -0.2) is 69.6 Å². The van der Waals surface area contributed by atoms with Crippen molar-refractivity contribution >= 4 is 5.91 Å². The number of carbonyl (C=O) groups excluding carboxylic acids is 1. The molecular formula is C25H31N5O2. The molecular weight excluding hydrogens is 402 g/mol. The van der Waals surface area contributed by atoms with Crippen LogP contribution in [0.2, 0.25) is 0 Å². The van der Waals surface area contributed by atoms with Crippen molar-refractivity contribution in [2.45, 2.75) is 33.4 Å². The molecule has 0 spiro atoms. The minimum Gasteiger partial charge on any atom is -0.379 e. The second-order valence-corrected chi connectivity index (χ2v) is 8.45. The topological polar surface area (TPSA) is 63.5 Å². The molecule has 7 nitrogen and oxygen atoms in total. The molecule has 4 rings (SSSR count). The molecule has 1 aliphatic heterocycles. The predicted octanol–water partition coefficient (Wildman–Crippen LogP) is 3.25. The molecule has 2 aromatic carbocycles. The monoisotopic (exact) mass is 433 g/mol. The molecule has 1 aliphatic rings. The van der Waals surface area contributed by atoms with Crippen LogP contribution >= 0.6 is 0 Å². The molecule has 1 atom stereocenters. The number of nitrogens with zero attached hydrogens (tertiary/aromatic N) is 5. The number of aryl methyl sites for hydroxylation is 1. The van der Waals surface area contributed by atoms with Crippen molar-refractivity contribution in [3.8, 4) is 5.69 Å². The van der Waals surface area contributed by atoms with E-state index >= 15 is 0 Å². The van der Waals surface area contributed by atoms with Crippen LogP contribution in [0.1, 0.15) is 34.2 Å². The normalized spacial score (nSPS) is 15.5. The number of carbonyl (C=O) groups is 1. The maximum atomic E-state index is 13.7. The van der Waals surface area contributed by atoms with Crippen LogP contribution in [-0.2, 0) is 11.3 Å². The van der Waals surface area contributed by atoms with Gasteiger partial charge in [-0.1, -0.05) is 47.7 Å². The van der Waals surface area contributed by atoms with E-state index in [0.717, 1.165) is 55.4 Å². The van der Waals surface area contributed by atoms with Crippen LogP contribution in [0.3, 0.4) is 0 Å². The van der Waals surface area contributed by atoms with Crippen LogP contribution in [0.4, 0.5) is 0 Å². The lowest BCUT2D eigenvalue weighted by Gasteiger charge is -2.35. The summed E-state index contributed by atoms with van der Waals surface area (Å²) in [5.41, 5.74) is 4.28. The summed E-state index contributed by atoms with van der Waals surface area (Å²) in [5, 5.41) is 8.61. The van der Waals surface area contributed by atoms with Crippen LogP contribution in [0, 0.1) is 13.8 Å². The molecule has 0 aliphatic carbocycles. The Hall–Kier alpha value is -3.03. The van der Waals surface area contributed by atoms with E-state index in [9.17, 15) is 4.79 Å². The molecule has 0 bridgehead atoms. The Morgan fingerprint density at radius 2 is 1.84 bits per heavy atom. The van der Waals surface area contributed by atoms with Gasteiger partial charge in [0, 0.05) is 32.2 Å². The highest BCUT2D eigenvalue weighted by atomic mass is 16.5. The van der Waals surface area contributed by atoms with Gasteiger partial charge < -0.3 is 9.64 Å². The van der Waals surface area contributed by atoms with Gasteiger partial charge in [-0.2, -0.15) is 0 Å². The predicted molar refractivity (Wildman–Crippen MR) is 124 cm³/mol. The van der Waals surface area contributed by atoms with E-state index in [-0.39, 0.29) is 11.9 Å². The molecule has 1 unspecified atom stereocenters. The first kappa shape index (κ1) is 22.2. The summed E-state index contributed by atoms with van der Waals surface area (Å²) in [6.45, 7) is 10.6. The highest BCUT2D eigenvalue weighted by Gasteiger charge is 2.28. The summed E-state index contributed by atoms with van der Waals surface area (Å²) >= 11 is 0. The molecule has 2 heterocycles. The van der Waals surface area contributed by atoms with E-state index in [1.165, 1.54) is 0 Å². The third-order valence-corrected chi connectivity index (χ3v) is 5.96. The Labute approximate surface area is 189 Å². The summed E-state index contributed by atoms with van der Waals surface area (Å²) < 4.78 is 7.22. The lowest BCUT2D eigenvalue weighted by Crippen LogP contribution is -2.48. The molecule has 32 heavy (non-hydrogen) atoms. The first-order valence-corrected chi connectivity index (χ1v) is 11.2. The Morgan fingerprint density at radius 3 is 2.56 bits per heavy atom. The Balaban J connectivity index is 1.60. The molecule has 1 saturated heterocycles. The van der Waals surface area contributed by atoms with Gasteiger partial charge in [0.05, 0.1) is 24.6 Å². The Bertz CT molecular complexity index is 1040. The molecule has 3 aromatic rings. The van der Waals surface area contributed by atoms with Crippen molar-refractivity contribution in [2.24, 2.45) is 0 Å². The lowest BCUT2D eigenvalue weighted by atomic mass is 10.1. The van der Waals surface area contributed by atoms with Gasteiger partial charge >= 0.3 is 0 Å². The van der Waals surface area contributed by atoms with Gasteiger partial charge in [0.15, 0.2) is 5.69 Å². The van der Waals surface area contributed by atoms with E-state index in [0.29, 0.717) is 12.2 Å².